The molecule has 4 N–H and O–H groups in total. The number of aliphatic hydroxyl groups is 1. The quantitative estimate of drug-likeness (QED) is 0.581. The largest absolute Gasteiger partial charge is 0.397 e. The molecule has 0 atom stereocenters. The topological polar surface area (TPSA) is 71.2 Å². The number of nitrogens with one attached hydrogen (secondary N) is 1. The smallest absolute Gasteiger partial charge is 0.0580 e. The fourth-order valence-corrected chi connectivity index (χ4v) is 1.72. The molecule has 4 nitrogen and oxygen atoms in total. The normalized spacial score (nSPS) is 9.74. The minimum atomic E-state index is 0. The number of benzene rings is 1. The summed E-state index contributed by atoms with van der Waals surface area (Å²) in [6, 6.07) is 9.78. The molecule has 0 aliphatic rings. The highest BCUT2D eigenvalue weighted by Crippen LogP contribution is 2.26. The van der Waals surface area contributed by atoms with Gasteiger partial charge in [0.2, 0.25) is 0 Å². The van der Waals surface area contributed by atoms with Crippen molar-refractivity contribution in [2.24, 2.45) is 0 Å². The van der Waals surface area contributed by atoms with Gasteiger partial charge in [0, 0.05) is 31.1 Å². The van der Waals surface area contributed by atoms with Crippen molar-refractivity contribution in [2.45, 2.75) is 6.42 Å². The molecule has 2 rings (SSSR count). The van der Waals surface area contributed by atoms with Crippen LogP contribution in [-0.2, 0) is 0 Å². The predicted molar refractivity (Wildman–Crippen MR) is 81.5 cm³/mol. The molecule has 0 spiro atoms. The standard InChI is InChI=1S/C14H17N3O.ClH/c15-13-5-4-11(12-3-1-6-16-10-12)9-14(13)17-7-2-8-18;/h1,3-6,9-10,17-18H,2,7-8,15H2;1H. The van der Waals surface area contributed by atoms with E-state index in [0.717, 1.165) is 16.8 Å². The molecule has 102 valence electrons. The monoisotopic (exact) mass is 279 g/mol. The number of aliphatic hydroxyl groups excluding tert-OH is 1. The number of anilines is 2. The number of nitrogens with two attached hydrogens (primary N) is 1. The van der Waals surface area contributed by atoms with Crippen LogP contribution in [0.15, 0.2) is 42.7 Å². The first kappa shape index (κ1) is 15.3. The molecule has 0 radical (unpaired) electrons. The molecule has 0 saturated heterocycles. The molecule has 1 heterocycles. The van der Waals surface area contributed by atoms with Crippen molar-refractivity contribution in [3.63, 3.8) is 0 Å². The van der Waals surface area contributed by atoms with Gasteiger partial charge in [-0.15, -0.1) is 12.4 Å². The van der Waals surface area contributed by atoms with Gasteiger partial charge in [0.15, 0.2) is 0 Å². The molecule has 2 aromatic rings. The molecule has 0 unspecified atom stereocenters. The van der Waals surface area contributed by atoms with Crippen LogP contribution in [-0.4, -0.2) is 23.2 Å². The van der Waals surface area contributed by atoms with Gasteiger partial charge in [0.05, 0.1) is 11.4 Å². The van der Waals surface area contributed by atoms with E-state index in [4.69, 9.17) is 10.8 Å². The number of aromatic nitrogens is 1. The molecule has 0 amide bonds. The van der Waals surface area contributed by atoms with Crippen LogP contribution >= 0.6 is 12.4 Å². The zero-order valence-electron chi connectivity index (χ0n) is 10.5. The van der Waals surface area contributed by atoms with Gasteiger partial charge < -0.3 is 16.2 Å². The Kier molecular flexibility index (Phi) is 6.12. The van der Waals surface area contributed by atoms with Gasteiger partial charge in [0.1, 0.15) is 0 Å². The Balaban J connectivity index is 0.00000180. The number of pyridine rings is 1. The molecule has 0 saturated carbocycles. The summed E-state index contributed by atoms with van der Waals surface area (Å²) in [6.45, 7) is 0.881. The maximum Gasteiger partial charge on any atom is 0.0580 e. The van der Waals surface area contributed by atoms with Gasteiger partial charge >= 0.3 is 0 Å². The van der Waals surface area contributed by atoms with E-state index in [1.165, 1.54) is 0 Å². The zero-order chi connectivity index (χ0) is 12.8. The van der Waals surface area contributed by atoms with Crippen molar-refractivity contribution >= 4 is 23.8 Å². The Hall–Kier alpha value is -1.78. The first-order valence-electron chi connectivity index (χ1n) is 5.96. The summed E-state index contributed by atoms with van der Waals surface area (Å²) in [5, 5.41) is 12.0. The molecule has 1 aromatic carbocycles. The first-order valence-corrected chi connectivity index (χ1v) is 5.96. The molecular formula is C14H18ClN3O. The van der Waals surface area contributed by atoms with Crippen LogP contribution in [0.2, 0.25) is 0 Å². The summed E-state index contributed by atoms with van der Waals surface area (Å²) >= 11 is 0. The Morgan fingerprint density at radius 2 is 2.05 bits per heavy atom. The molecule has 0 bridgehead atoms. The third-order valence-electron chi connectivity index (χ3n) is 2.70. The second-order valence-corrected chi connectivity index (χ2v) is 4.05. The third-order valence-corrected chi connectivity index (χ3v) is 2.70. The predicted octanol–water partition coefficient (Wildman–Crippen LogP) is 2.55. The third kappa shape index (κ3) is 4.12. The van der Waals surface area contributed by atoms with Gasteiger partial charge in [-0.1, -0.05) is 12.1 Å². The lowest BCUT2D eigenvalue weighted by atomic mass is 10.1. The summed E-state index contributed by atoms with van der Waals surface area (Å²) in [5.41, 5.74) is 9.64. The summed E-state index contributed by atoms with van der Waals surface area (Å²) in [6.07, 6.45) is 4.28. The molecular weight excluding hydrogens is 262 g/mol. The second-order valence-electron chi connectivity index (χ2n) is 4.05. The van der Waals surface area contributed by atoms with Crippen LogP contribution in [0.25, 0.3) is 11.1 Å². The molecule has 5 heteroatoms. The van der Waals surface area contributed by atoms with Crippen molar-refractivity contribution in [1.82, 2.24) is 4.98 Å². The van der Waals surface area contributed by atoms with E-state index in [1.54, 1.807) is 6.20 Å². The lowest BCUT2D eigenvalue weighted by Gasteiger charge is -2.11. The van der Waals surface area contributed by atoms with Gasteiger partial charge in [-0.2, -0.15) is 0 Å². The Labute approximate surface area is 119 Å². The Morgan fingerprint density at radius 3 is 2.74 bits per heavy atom. The van der Waals surface area contributed by atoms with Crippen LogP contribution in [0.5, 0.6) is 0 Å². The fourth-order valence-electron chi connectivity index (χ4n) is 1.72. The highest BCUT2D eigenvalue weighted by molar-refractivity contribution is 5.85. The number of hydrogen-bond acceptors (Lipinski definition) is 4. The maximum absolute atomic E-state index is 8.77. The van der Waals surface area contributed by atoms with E-state index in [2.05, 4.69) is 10.3 Å². The summed E-state index contributed by atoms with van der Waals surface area (Å²) < 4.78 is 0. The molecule has 1 aromatic heterocycles. The molecule has 19 heavy (non-hydrogen) atoms. The van der Waals surface area contributed by atoms with Crippen molar-refractivity contribution in [1.29, 1.82) is 0 Å². The summed E-state index contributed by atoms with van der Waals surface area (Å²) in [4.78, 5) is 4.10. The molecule has 0 fully saturated rings. The van der Waals surface area contributed by atoms with Gasteiger partial charge in [-0.25, -0.2) is 0 Å². The fraction of sp³-hybridized carbons (Fsp3) is 0.214. The highest BCUT2D eigenvalue weighted by atomic mass is 35.5. The van der Waals surface area contributed by atoms with Gasteiger partial charge in [0.25, 0.3) is 0 Å². The number of halogens is 1. The molecule has 0 aliphatic heterocycles. The van der Waals surface area contributed by atoms with Crippen LogP contribution in [0.3, 0.4) is 0 Å². The number of nitrogens with zero attached hydrogens (tertiary/aromatic N) is 1. The maximum atomic E-state index is 8.77. The molecule has 0 aliphatic carbocycles. The SMILES string of the molecule is Cl.Nc1ccc(-c2cccnc2)cc1NCCCO. The number of hydrogen-bond donors (Lipinski definition) is 3. The first-order chi connectivity index (χ1) is 8.81. The van der Waals surface area contributed by atoms with E-state index in [-0.39, 0.29) is 19.0 Å². The second kappa shape index (κ2) is 7.61. The lowest BCUT2D eigenvalue weighted by molar-refractivity contribution is 0.292. The van der Waals surface area contributed by atoms with E-state index >= 15 is 0 Å². The van der Waals surface area contributed by atoms with E-state index < -0.39 is 0 Å². The van der Waals surface area contributed by atoms with E-state index in [0.29, 0.717) is 18.7 Å². The number of rotatable bonds is 5. The summed E-state index contributed by atoms with van der Waals surface area (Å²) in [7, 11) is 0. The minimum Gasteiger partial charge on any atom is -0.397 e. The van der Waals surface area contributed by atoms with Crippen molar-refractivity contribution in [3.8, 4) is 11.1 Å². The average molecular weight is 280 g/mol. The van der Waals surface area contributed by atoms with Gasteiger partial charge in [-0.05, 0) is 30.2 Å². The van der Waals surface area contributed by atoms with Crippen molar-refractivity contribution in [3.05, 3.63) is 42.7 Å². The number of nitrogen functional groups attached to an aromatic ring is 1. The Bertz CT molecular complexity index is 505. The average Bonchev–Trinajstić information content (AvgIpc) is 2.42. The highest BCUT2D eigenvalue weighted by Gasteiger charge is 2.02. The summed E-state index contributed by atoms with van der Waals surface area (Å²) in [5.74, 6) is 0. The van der Waals surface area contributed by atoms with Gasteiger partial charge in [-0.3, -0.25) is 4.98 Å². The Morgan fingerprint density at radius 1 is 1.21 bits per heavy atom. The van der Waals surface area contributed by atoms with Crippen LogP contribution < -0.4 is 11.1 Å². The van der Waals surface area contributed by atoms with Crippen LogP contribution in [0, 0.1) is 0 Å². The van der Waals surface area contributed by atoms with E-state index in [9.17, 15) is 0 Å². The van der Waals surface area contributed by atoms with Crippen molar-refractivity contribution in [2.75, 3.05) is 24.2 Å². The van der Waals surface area contributed by atoms with Crippen LogP contribution in [0.1, 0.15) is 6.42 Å². The van der Waals surface area contributed by atoms with Crippen molar-refractivity contribution < 1.29 is 5.11 Å². The zero-order valence-corrected chi connectivity index (χ0v) is 11.4. The minimum absolute atomic E-state index is 0. The van der Waals surface area contributed by atoms with E-state index in [1.807, 2.05) is 36.5 Å². The van der Waals surface area contributed by atoms with Crippen LogP contribution in [0.4, 0.5) is 11.4 Å². The lowest BCUT2D eigenvalue weighted by Crippen LogP contribution is -2.05.